The molecule has 0 saturated carbocycles. The maximum atomic E-state index is 6.03. The van der Waals surface area contributed by atoms with Gasteiger partial charge in [0.05, 0.1) is 0 Å². The minimum Gasteiger partial charge on any atom is -0.380 e. The molecule has 0 spiro atoms. The summed E-state index contributed by atoms with van der Waals surface area (Å²) >= 11 is 11.9. The second-order valence-electron chi connectivity index (χ2n) is 3.19. The second kappa shape index (κ2) is 3.37. The Bertz CT molecular complexity index is 339. The monoisotopic (exact) mass is 216 g/mol. The molecule has 13 heavy (non-hydrogen) atoms. The topological polar surface area (TPSA) is 38.0 Å². The number of hydrogen-bond acceptors (Lipinski definition) is 2. The molecule has 4 heteroatoms. The lowest BCUT2D eigenvalue weighted by Crippen LogP contribution is -2.25. The van der Waals surface area contributed by atoms with Gasteiger partial charge >= 0.3 is 0 Å². The van der Waals surface area contributed by atoms with Gasteiger partial charge in [-0.1, -0.05) is 23.2 Å². The number of rotatable bonds is 1. The van der Waals surface area contributed by atoms with Gasteiger partial charge in [0.15, 0.2) is 0 Å². The SMILES string of the molecule is NCC1Cc2c(Cl)cc(Cl)cc2N1. The Kier molecular flexibility index (Phi) is 2.37. The van der Waals surface area contributed by atoms with E-state index < -0.39 is 0 Å². The van der Waals surface area contributed by atoms with Gasteiger partial charge in [0.25, 0.3) is 0 Å². The molecule has 1 aromatic carbocycles. The molecule has 1 heterocycles. The number of nitrogens with two attached hydrogens (primary N) is 1. The Labute approximate surface area is 87.0 Å². The first kappa shape index (κ1) is 9.13. The molecule has 2 rings (SSSR count). The molecule has 70 valence electrons. The zero-order valence-electron chi connectivity index (χ0n) is 6.98. The molecule has 0 radical (unpaired) electrons. The standard InChI is InChI=1S/C9H10Cl2N2/c10-5-1-8(11)7-3-6(4-12)13-9(7)2-5/h1-2,6,13H,3-4,12H2. The van der Waals surface area contributed by atoms with Crippen molar-refractivity contribution in [3.8, 4) is 0 Å². The lowest BCUT2D eigenvalue weighted by atomic mass is 10.1. The van der Waals surface area contributed by atoms with Crippen LogP contribution in [0.15, 0.2) is 12.1 Å². The third-order valence-electron chi connectivity index (χ3n) is 2.25. The van der Waals surface area contributed by atoms with Crippen LogP contribution in [0.5, 0.6) is 0 Å². The summed E-state index contributed by atoms with van der Waals surface area (Å²) in [6, 6.07) is 3.95. The number of benzene rings is 1. The van der Waals surface area contributed by atoms with E-state index in [1.807, 2.05) is 6.07 Å². The van der Waals surface area contributed by atoms with E-state index >= 15 is 0 Å². The lowest BCUT2D eigenvalue weighted by Gasteiger charge is -2.05. The van der Waals surface area contributed by atoms with Crippen molar-refractivity contribution in [3.63, 3.8) is 0 Å². The third-order valence-corrected chi connectivity index (χ3v) is 2.81. The molecule has 0 aromatic heterocycles. The molecular formula is C9H10Cl2N2. The minimum atomic E-state index is 0.297. The van der Waals surface area contributed by atoms with Crippen molar-refractivity contribution in [2.45, 2.75) is 12.5 Å². The highest BCUT2D eigenvalue weighted by Gasteiger charge is 2.21. The maximum Gasteiger partial charge on any atom is 0.0474 e. The molecule has 1 aromatic rings. The molecule has 1 atom stereocenters. The van der Waals surface area contributed by atoms with Crippen LogP contribution in [0.4, 0.5) is 5.69 Å². The fourth-order valence-electron chi connectivity index (χ4n) is 1.60. The molecular weight excluding hydrogens is 207 g/mol. The van der Waals surface area contributed by atoms with E-state index in [-0.39, 0.29) is 0 Å². The highest BCUT2D eigenvalue weighted by molar-refractivity contribution is 6.35. The van der Waals surface area contributed by atoms with Crippen LogP contribution >= 0.6 is 23.2 Å². The Morgan fingerprint density at radius 1 is 1.46 bits per heavy atom. The van der Waals surface area contributed by atoms with E-state index in [4.69, 9.17) is 28.9 Å². The van der Waals surface area contributed by atoms with Crippen LogP contribution in [0.3, 0.4) is 0 Å². The van der Waals surface area contributed by atoms with Gasteiger partial charge in [-0.15, -0.1) is 0 Å². The molecule has 0 amide bonds. The number of nitrogens with one attached hydrogen (secondary N) is 1. The van der Waals surface area contributed by atoms with Crippen molar-refractivity contribution in [2.24, 2.45) is 5.73 Å². The van der Waals surface area contributed by atoms with Gasteiger partial charge in [0.2, 0.25) is 0 Å². The summed E-state index contributed by atoms with van der Waals surface area (Å²) in [5.41, 5.74) is 7.71. The molecule has 3 N–H and O–H groups in total. The highest BCUT2D eigenvalue weighted by atomic mass is 35.5. The summed E-state index contributed by atoms with van der Waals surface area (Å²) in [5.74, 6) is 0. The van der Waals surface area contributed by atoms with Gasteiger partial charge in [0.1, 0.15) is 0 Å². The van der Waals surface area contributed by atoms with Crippen molar-refractivity contribution < 1.29 is 0 Å². The molecule has 1 aliphatic heterocycles. The number of hydrogen-bond donors (Lipinski definition) is 2. The molecule has 0 bridgehead atoms. The zero-order chi connectivity index (χ0) is 9.42. The molecule has 0 aliphatic carbocycles. The van der Waals surface area contributed by atoms with Crippen molar-refractivity contribution >= 4 is 28.9 Å². The van der Waals surface area contributed by atoms with Gasteiger partial charge < -0.3 is 11.1 Å². The summed E-state index contributed by atoms with van der Waals surface area (Å²) < 4.78 is 0. The van der Waals surface area contributed by atoms with Crippen molar-refractivity contribution in [1.82, 2.24) is 0 Å². The molecule has 2 nitrogen and oxygen atoms in total. The van der Waals surface area contributed by atoms with Crippen molar-refractivity contribution in [3.05, 3.63) is 27.7 Å². The third kappa shape index (κ3) is 1.62. The first-order chi connectivity index (χ1) is 6.20. The van der Waals surface area contributed by atoms with Gasteiger partial charge in [-0.05, 0) is 24.1 Å². The maximum absolute atomic E-state index is 6.03. The van der Waals surface area contributed by atoms with Crippen molar-refractivity contribution in [1.29, 1.82) is 0 Å². The Balaban J connectivity index is 2.40. The smallest absolute Gasteiger partial charge is 0.0474 e. The average molecular weight is 217 g/mol. The lowest BCUT2D eigenvalue weighted by molar-refractivity contribution is 0.760. The first-order valence-corrected chi connectivity index (χ1v) is 4.91. The summed E-state index contributed by atoms with van der Waals surface area (Å²) in [6.45, 7) is 0.614. The van der Waals surface area contributed by atoms with Gasteiger partial charge in [-0.3, -0.25) is 0 Å². The van der Waals surface area contributed by atoms with E-state index in [1.165, 1.54) is 0 Å². The number of fused-ring (bicyclic) bond motifs is 1. The largest absolute Gasteiger partial charge is 0.380 e. The zero-order valence-corrected chi connectivity index (χ0v) is 8.49. The summed E-state index contributed by atoms with van der Waals surface area (Å²) in [5, 5.41) is 4.66. The van der Waals surface area contributed by atoms with E-state index in [2.05, 4.69) is 5.32 Å². The number of anilines is 1. The van der Waals surface area contributed by atoms with Crippen LogP contribution in [-0.4, -0.2) is 12.6 Å². The van der Waals surface area contributed by atoms with Crippen LogP contribution < -0.4 is 11.1 Å². The van der Waals surface area contributed by atoms with E-state index in [0.717, 1.165) is 22.7 Å². The van der Waals surface area contributed by atoms with E-state index in [0.29, 0.717) is 17.6 Å². The van der Waals surface area contributed by atoms with Crippen molar-refractivity contribution in [2.75, 3.05) is 11.9 Å². The molecule has 0 fully saturated rings. The quantitative estimate of drug-likeness (QED) is 0.757. The van der Waals surface area contributed by atoms with Crippen LogP contribution in [-0.2, 0) is 6.42 Å². The normalized spacial score (nSPS) is 19.8. The van der Waals surface area contributed by atoms with Crippen LogP contribution in [0.25, 0.3) is 0 Å². The predicted octanol–water partition coefficient (Wildman–Crippen LogP) is 2.29. The Morgan fingerprint density at radius 2 is 2.23 bits per heavy atom. The fourth-order valence-corrected chi connectivity index (χ4v) is 2.17. The fraction of sp³-hybridized carbons (Fsp3) is 0.333. The second-order valence-corrected chi connectivity index (χ2v) is 4.04. The van der Waals surface area contributed by atoms with Gasteiger partial charge in [-0.25, -0.2) is 0 Å². The van der Waals surface area contributed by atoms with Gasteiger partial charge in [-0.2, -0.15) is 0 Å². The predicted molar refractivity (Wildman–Crippen MR) is 56.6 cm³/mol. The average Bonchev–Trinajstić information content (AvgIpc) is 2.47. The van der Waals surface area contributed by atoms with E-state index in [1.54, 1.807) is 6.07 Å². The Morgan fingerprint density at radius 3 is 2.92 bits per heavy atom. The van der Waals surface area contributed by atoms with Crippen LogP contribution in [0, 0.1) is 0 Å². The van der Waals surface area contributed by atoms with Gasteiger partial charge in [0, 0.05) is 28.3 Å². The summed E-state index contributed by atoms with van der Waals surface area (Å²) in [6.07, 6.45) is 0.891. The molecule has 0 saturated heterocycles. The summed E-state index contributed by atoms with van der Waals surface area (Å²) in [4.78, 5) is 0. The molecule has 1 aliphatic rings. The van der Waals surface area contributed by atoms with Crippen LogP contribution in [0.1, 0.15) is 5.56 Å². The molecule has 1 unspecified atom stereocenters. The first-order valence-electron chi connectivity index (χ1n) is 4.15. The minimum absolute atomic E-state index is 0.297. The summed E-state index contributed by atoms with van der Waals surface area (Å²) in [7, 11) is 0. The van der Waals surface area contributed by atoms with E-state index in [9.17, 15) is 0 Å². The number of halogens is 2. The van der Waals surface area contributed by atoms with Crippen LogP contribution in [0.2, 0.25) is 10.0 Å². The highest BCUT2D eigenvalue weighted by Crippen LogP contribution is 2.34. The Hall–Kier alpha value is -0.440.